The number of nitrogens with one attached hydrogen (secondary N) is 1. The zero-order chi connectivity index (χ0) is 9.19. The molecule has 0 spiro atoms. The zero-order valence-electron chi connectivity index (χ0n) is 7.68. The Balaban J connectivity index is 2.91. The Hall–Kier alpha value is -1.18. The van der Waals surface area contributed by atoms with E-state index in [1.54, 1.807) is 12.2 Å². The lowest BCUT2D eigenvalue weighted by Crippen LogP contribution is -2.46. The fourth-order valence-electron chi connectivity index (χ4n) is 1.12. The van der Waals surface area contributed by atoms with Crippen LogP contribution in [0.5, 0.6) is 0 Å². The highest BCUT2D eigenvalue weighted by Gasteiger charge is 2.24. The Morgan fingerprint density at radius 3 is 2.58 bits per heavy atom. The molecule has 66 valence electrons. The minimum Gasteiger partial charge on any atom is -0.489 e. The molecule has 0 saturated carbocycles. The minimum atomic E-state index is -0.0178. The van der Waals surface area contributed by atoms with E-state index in [9.17, 15) is 0 Å². The average Bonchev–Trinajstić information content (AvgIpc) is 2.03. The molecule has 0 atom stereocenters. The smallest absolute Gasteiger partial charge is 0.141 e. The second-order valence-electron chi connectivity index (χ2n) is 3.48. The standard InChI is InChI=1S/C10H15NO/c1-5-8-9(6-2)12-7-10(3,4)11-8/h5-6,11H,1-2,7H2,3-4H3. The van der Waals surface area contributed by atoms with Crippen molar-refractivity contribution in [2.24, 2.45) is 0 Å². The molecule has 0 aromatic rings. The molecule has 1 aliphatic heterocycles. The maximum atomic E-state index is 5.47. The van der Waals surface area contributed by atoms with Crippen LogP contribution in [-0.2, 0) is 4.74 Å². The van der Waals surface area contributed by atoms with Gasteiger partial charge in [-0.2, -0.15) is 0 Å². The van der Waals surface area contributed by atoms with Crippen molar-refractivity contribution >= 4 is 0 Å². The molecule has 1 N–H and O–H groups in total. The molecule has 0 bridgehead atoms. The molecule has 12 heavy (non-hydrogen) atoms. The van der Waals surface area contributed by atoms with E-state index in [4.69, 9.17) is 4.74 Å². The minimum absolute atomic E-state index is 0.0178. The predicted molar refractivity (Wildman–Crippen MR) is 50.6 cm³/mol. The van der Waals surface area contributed by atoms with Crippen molar-refractivity contribution in [1.82, 2.24) is 5.32 Å². The summed E-state index contributed by atoms with van der Waals surface area (Å²) in [6, 6.07) is 0. The largest absolute Gasteiger partial charge is 0.489 e. The van der Waals surface area contributed by atoms with E-state index in [1.807, 2.05) is 0 Å². The number of hydrogen-bond donors (Lipinski definition) is 1. The molecule has 0 radical (unpaired) electrons. The first-order valence-electron chi connectivity index (χ1n) is 3.99. The lowest BCUT2D eigenvalue weighted by atomic mass is 10.0. The normalized spacial score (nSPS) is 20.8. The zero-order valence-corrected chi connectivity index (χ0v) is 7.68. The van der Waals surface area contributed by atoms with E-state index in [2.05, 4.69) is 32.3 Å². The highest BCUT2D eigenvalue weighted by Crippen LogP contribution is 2.19. The van der Waals surface area contributed by atoms with Gasteiger partial charge in [-0.15, -0.1) is 0 Å². The fraction of sp³-hybridized carbons (Fsp3) is 0.400. The van der Waals surface area contributed by atoms with Gasteiger partial charge in [-0.25, -0.2) is 0 Å². The molecule has 1 rings (SSSR count). The molecule has 0 unspecified atom stereocenters. The summed E-state index contributed by atoms with van der Waals surface area (Å²) in [6.45, 7) is 12.2. The molecule has 0 aliphatic carbocycles. The third kappa shape index (κ3) is 1.70. The molecular weight excluding hydrogens is 150 g/mol. The van der Waals surface area contributed by atoms with E-state index < -0.39 is 0 Å². The van der Waals surface area contributed by atoms with Gasteiger partial charge in [0.05, 0.1) is 11.2 Å². The van der Waals surface area contributed by atoms with Gasteiger partial charge in [0.1, 0.15) is 12.4 Å². The first kappa shape index (κ1) is 8.91. The van der Waals surface area contributed by atoms with Crippen molar-refractivity contribution in [3.63, 3.8) is 0 Å². The summed E-state index contributed by atoms with van der Waals surface area (Å²) >= 11 is 0. The van der Waals surface area contributed by atoms with Crippen LogP contribution in [0.2, 0.25) is 0 Å². The van der Waals surface area contributed by atoms with E-state index >= 15 is 0 Å². The molecule has 2 heteroatoms. The van der Waals surface area contributed by atoms with E-state index in [0.717, 1.165) is 11.5 Å². The van der Waals surface area contributed by atoms with Crippen molar-refractivity contribution < 1.29 is 4.74 Å². The van der Waals surface area contributed by atoms with Gasteiger partial charge in [-0.3, -0.25) is 0 Å². The third-order valence-electron chi connectivity index (χ3n) is 1.72. The molecule has 0 amide bonds. The topological polar surface area (TPSA) is 21.3 Å². The molecule has 0 fully saturated rings. The van der Waals surface area contributed by atoms with Gasteiger partial charge in [0.15, 0.2) is 0 Å². The maximum absolute atomic E-state index is 5.47. The Morgan fingerprint density at radius 1 is 1.42 bits per heavy atom. The number of ether oxygens (including phenoxy) is 1. The van der Waals surface area contributed by atoms with Gasteiger partial charge in [0.25, 0.3) is 0 Å². The van der Waals surface area contributed by atoms with Crippen LogP contribution < -0.4 is 5.32 Å². The van der Waals surface area contributed by atoms with Gasteiger partial charge in [-0.05, 0) is 26.0 Å². The van der Waals surface area contributed by atoms with Crippen LogP contribution in [0, 0.1) is 0 Å². The van der Waals surface area contributed by atoms with Crippen molar-refractivity contribution in [3.05, 3.63) is 36.8 Å². The predicted octanol–water partition coefficient (Wildman–Crippen LogP) is 1.97. The first-order chi connectivity index (χ1) is 5.59. The van der Waals surface area contributed by atoms with Crippen molar-refractivity contribution in [2.45, 2.75) is 19.4 Å². The number of rotatable bonds is 2. The van der Waals surface area contributed by atoms with Crippen LogP contribution in [0.15, 0.2) is 36.8 Å². The van der Waals surface area contributed by atoms with Crippen LogP contribution in [0.3, 0.4) is 0 Å². The van der Waals surface area contributed by atoms with Gasteiger partial charge >= 0.3 is 0 Å². The Bertz CT molecular complexity index is 238. The van der Waals surface area contributed by atoms with Crippen LogP contribution in [0.1, 0.15) is 13.8 Å². The monoisotopic (exact) mass is 165 g/mol. The summed E-state index contributed by atoms with van der Waals surface area (Å²) in [5.41, 5.74) is 0.900. The summed E-state index contributed by atoms with van der Waals surface area (Å²) in [4.78, 5) is 0. The quantitative estimate of drug-likeness (QED) is 0.675. The second-order valence-corrected chi connectivity index (χ2v) is 3.48. The molecular formula is C10H15NO. The Kier molecular flexibility index (Phi) is 2.27. The van der Waals surface area contributed by atoms with E-state index in [1.165, 1.54) is 0 Å². The molecule has 0 aromatic heterocycles. The number of hydrogen-bond acceptors (Lipinski definition) is 2. The lowest BCUT2D eigenvalue weighted by molar-refractivity contribution is 0.128. The highest BCUT2D eigenvalue weighted by molar-refractivity contribution is 5.28. The second kappa shape index (κ2) is 3.05. The maximum Gasteiger partial charge on any atom is 0.141 e. The highest BCUT2D eigenvalue weighted by atomic mass is 16.5. The molecule has 1 aliphatic rings. The van der Waals surface area contributed by atoms with Gasteiger partial charge in [0, 0.05) is 0 Å². The number of allylic oxidation sites excluding steroid dienone is 2. The summed E-state index contributed by atoms with van der Waals surface area (Å²) in [7, 11) is 0. The van der Waals surface area contributed by atoms with Crippen LogP contribution in [0.4, 0.5) is 0 Å². The SMILES string of the molecule is C=CC1=C(C=C)OCC(C)(C)N1. The van der Waals surface area contributed by atoms with Gasteiger partial charge < -0.3 is 10.1 Å². The molecule has 0 aromatic carbocycles. The van der Waals surface area contributed by atoms with Crippen molar-refractivity contribution in [1.29, 1.82) is 0 Å². The Morgan fingerprint density at radius 2 is 2.08 bits per heavy atom. The summed E-state index contributed by atoms with van der Waals surface area (Å²) in [5.74, 6) is 0.782. The fourth-order valence-corrected chi connectivity index (χ4v) is 1.12. The van der Waals surface area contributed by atoms with E-state index in [0.29, 0.717) is 6.61 Å². The third-order valence-corrected chi connectivity index (χ3v) is 1.72. The summed E-state index contributed by atoms with van der Waals surface area (Å²) in [5, 5.41) is 3.31. The molecule has 1 heterocycles. The van der Waals surface area contributed by atoms with Crippen molar-refractivity contribution in [3.8, 4) is 0 Å². The van der Waals surface area contributed by atoms with Crippen molar-refractivity contribution in [2.75, 3.05) is 6.61 Å². The van der Waals surface area contributed by atoms with Gasteiger partial charge in [0.2, 0.25) is 0 Å². The lowest BCUT2D eigenvalue weighted by Gasteiger charge is -2.33. The van der Waals surface area contributed by atoms with Crippen LogP contribution >= 0.6 is 0 Å². The molecule has 2 nitrogen and oxygen atoms in total. The van der Waals surface area contributed by atoms with Gasteiger partial charge in [-0.1, -0.05) is 13.2 Å². The summed E-state index contributed by atoms with van der Waals surface area (Å²) < 4.78 is 5.47. The van der Waals surface area contributed by atoms with Crippen LogP contribution in [0.25, 0.3) is 0 Å². The van der Waals surface area contributed by atoms with E-state index in [-0.39, 0.29) is 5.54 Å². The Labute approximate surface area is 73.6 Å². The molecule has 0 saturated heterocycles. The average molecular weight is 165 g/mol. The summed E-state index contributed by atoms with van der Waals surface area (Å²) in [6.07, 6.45) is 3.44. The van der Waals surface area contributed by atoms with Crippen LogP contribution in [-0.4, -0.2) is 12.1 Å². The first-order valence-corrected chi connectivity index (χ1v) is 3.99.